The molecular weight excluding hydrogens is 386 g/mol. The van der Waals surface area contributed by atoms with Crippen LogP contribution in [-0.2, 0) is 16.1 Å². The van der Waals surface area contributed by atoms with Gasteiger partial charge in [-0.3, -0.25) is 9.59 Å². The lowest BCUT2D eigenvalue weighted by Gasteiger charge is -2.12. The molecule has 0 aliphatic rings. The van der Waals surface area contributed by atoms with Gasteiger partial charge in [0.05, 0.1) is 17.3 Å². The Morgan fingerprint density at radius 3 is 2.48 bits per heavy atom. The molecule has 138 valence electrons. The third-order valence-electron chi connectivity index (χ3n) is 3.46. The summed E-state index contributed by atoms with van der Waals surface area (Å²) in [6, 6.07) is 13.8. The minimum absolute atomic E-state index is 0.197. The van der Waals surface area contributed by atoms with Crippen molar-refractivity contribution in [1.29, 1.82) is 0 Å². The van der Waals surface area contributed by atoms with Crippen LogP contribution in [-0.4, -0.2) is 16.8 Å². The molecule has 0 aliphatic heterocycles. The number of carbonyl (C=O) groups is 2. The summed E-state index contributed by atoms with van der Waals surface area (Å²) in [7, 11) is 0. The van der Waals surface area contributed by atoms with Crippen LogP contribution in [0.2, 0.25) is 5.02 Å². The van der Waals surface area contributed by atoms with Crippen LogP contribution < -0.4 is 15.4 Å². The first-order chi connectivity index (χ1) is 13.0. The highest BCUT2D eigenvalue weighted by molar-refractivity contribution is 7.09. The van der Waals surface area contributed by atoms with Crippen LogP contribution in [0, 0.1) is 6.92 Å². The normalized spacial score (nSPS) is 10.3. The molecule has 0 unspecified atom stereocenters. The first-order valence-corrected chi connectivity index (χ1v) is 9.30. The van der Waals surface area contributed by atoms with Gasteiger partial charge in [-0.05, 0) is 31.2 Å². The van der Waals surface area contributed by atoms with Gasteiger partial charge in [-0.2, -0.15) is 0 Å². The van der Waals surface area contributed by atoms with Crippen molar-refractivity contribution in [2.24, 2.45) is 0 Å². The van der Waals surface area contributed by atoms with Gasteiger partial charge < -0.3 is 15.4 Å². The Balaban J connectivity index is 1.65. The number of anilines is 1. The summed E-state index contributed by atoms with van der Waals surface area (Å²) >= 11 is 7.52. The number of hydrogen-bond donors (Lipinski definition) is 2. The number of thiazole rings is 1. The molecule has 0 fully saturated rings. The second kappa shape index (κ2) is 8.66. The van der Waals surface area contributed by atoms with E-state index in [0.29, 0.717) is 22.2 Å². The summed E-state index contributed by atoms with van der Waals surface area (Å²) in [5.74, 6) is -0.722. The molecule has 0 saturated carbocycles. The number of rotatable bonds is 5. The van der Waals surface area contributed by atoms with E-state index in [1.165, 1.54) is 11.3 Å². The van der Waals surface area contributed by atoms with E-state index in [4.69, 9.17) is 16.3 Å². The summed E-state index contributed by atoms with van der Waals surface area (Å²) in [4.78, 5) is 28.5. The number of carbonyl (C=O) groups excluding carboxylic acids is 2. The average Bonchev–Trinajstić information content (AvgIpc) is 3.08. The summed E-state index contributed by atoms with van der Waals surface area (Å²) in [5.41, 5.74) is 1.24. The number of ether oxygens (including phenoxy) is 1. The van der Waals surface area contributed by atoms with E-state index in [1.54, 1.807) is 48.5 Å². The lowest BCUT2D eigenvalue weighted by molar-refractivity contribution is -0.136. The van der Waals surface area contributed by atoms with Crippen molar-refractivity contribution < 1.29 is 14.3 Å². The second-order valence-corrected chi connectivity index (χ2v) is 6.90. The number of halogens is 1. The Labute approximate surface area is 165 Å². The number of aromatic nitrogens is 1. The standard InChI is InChI=1S/C19H16ClN3O3S/c1-12-11-27-17(22-12)10-21-18(24)19(25)23-14-7-3-5-9-16(14)26-15-8-4-2-6-13(15)20/h2-9,11H,10H2,1H3,(H,21,24)(H,23,25). The molecule has 6 nitrogen and oxygen atoms in total. The number of benzene rings is 2. The lowest BCUT2D eigenvalue weighted by Crippen LogP contribution is -2.35. The van der Waals surface area contributed by atoms with Crippen LogP contribution in [0.25, 0.3) is 0 Å². The monoisotopic (exact) mass is 401 g/mol. The lowest BCUT2D eigenvalue weighted by atomic mass is 10.2. The van der Waals surface area contributed by atoms with Gasteiger partial charge in [0.15, 0.2) is 5.75 Å². The molecule has 27 heavy (non-hydrogen) atoms. The fraction of sp³-hybridized carbons (Fsp3) is 0.105. The Morgan fingerprint density at radius 2 is 1.78 bits per heavy atom. The number of hydrogen-bond acceptors (Lipinski definition) is 5. The van der Waals surface area contributed by atoms with Gasteiger partial charge in [-0.1, -0.05) is 35.9 Å². The second-order valence-electron chi connectivity index (χ2n) is 5.55. The van der Waals surface area contributed by atoms with Crippen molar-refractivity contribution in [3.05, 3.63) is 69.6 Å². The highest BCUT2D eigenvalue weighted by Crippen LogP contribution is 2.33. The van der Waals surface area contributed by atoms with E-state index in [-0.39, 0.29) is 6.54 Å². The van der Waals surface area contributed by atoms with E-state index >= 15 is 0 Å². The van der Waals surface area contributed by atoms with Gasteiger partial charge in [0.2, 0.25) is 0 Å². The van der Waals surface area contributed by atoms with Gasteiger partial charge in [-0.25, -0.2) is 4.98 Å². The zero-order chi connectivity index (χ0) is 19.2. The molecule has 0 saturated heterocycles. The predicted molar refractivity (Wildman–Crippen MR) is 105 cm³/mol. The van der Waals surface area contributed by atoms with Crippen molar-refractivity contribution >= 4 is 40.4 Å². The number of nitrogens with one attached hydrogen (secondary N) is 2. The molecule has 0 atom stereocenters. The maximum Gasteiger partial charge on any atom is 0.313 e. The van der Waals surface area contributed by atoms with Crippen LogP contribution in [0.15, 0.2) is 53.9 Å². The number of aryl methyl sites for hydroxylation is 1. The van der Waals surface area contributed by atoms with E-state index in [9.17, 15) is 9.59 Å². The Kier molecular flexibility index (Phi) is 6.05. The number of para-hydroxylation sites is 3. The molecule has 0 aliphatic carbocycles. The van der Waals surface area contributed by atoms with Crippen molar-refractivity contribution in [1.82, 2.24) is 10.3 Å². The van der Waals surface area contributed by atoms with Gasteiger partial charge in [0, 0.05) is 11.1 Å². The smallest absolute Gasteiger partial charge is 0.313 e. The van der Waals surface area contributed by atoms with Gasteiger partial charge in [0.1, 0.15) is 10.8 Å². The molecule has 2 aromatic carbocycles. The van der Waals surface area contributed by atoms with Gasteiger partial charge in [0.25, 0.3) is 0 Å². The van der Waals surface area contributed by atoms with Crippen molar-refractivity contribution in [2.75, 3.05) is 5.32 Å². The third kappa shape index (κ3) is 5.06. The topological polar surface area (TPSA) is 80.3 Å². The Morgan fingerprint density at radius 1 is 1.07 bits per heavy atom. The molecule has 0 spiro atoms. The molecule has 3 rings (SSSR count). The fourth-order valence-corrected chi connectivity index (χ4v) is 3.09. The van der Waals surface area contributed by atoms with E-state index in [2.05, 4.69) is 15.6 Å². The van der Waals surface area contributed by atoms with E-state index in [0.717, 1.165) is 10.7 Å². The largest absolute Gasteiger partial charge is 0.454 e. The molecule has 3 aromatic rings. The SMILES string of the molecule is Cc1csc(CNC(=O)C(=O)Nc2ccccc2Oc2ccccc2Cl)n1. The minimum Gasteiger partial charge on any atom is -0.454 e. The molecule has 0 bridgehead atoms. The van der Waals surface area contributed by atoms with E-state index in [1.807, 2.05) is 12.3 Å². The van der Waals surface area contributed by atoms with Gasteiger partial charge >= 0.3 is 11.8 Å². The third-order valence-corrected chi connectivity index (χ3v) is 4.74. The Hall–Kier alpha value is -2.90. The van der Waals surface area contributed by atoms with Crippen molar-refractivity contribution in [2.45, 2.75) is 13.5 Å². The Bertz CT molecular complexity index is 974. The summed E-state index contributed by atoms with van der Waals surface area (Å²) < 4.78 is 5.77. The van der Waals surface area contributed by atoms with Crippen LogP contribution in [0.4, 0.5) is 5.69 Å². The maximum atomic E-state index is 12.2. The highest BCUT2D eigenvalue weighted by Gasteiger charge is 2.16. The number of amides is 2. The minimum atomic E-state index is -0.793. The van der Waals surface area contributed by atoms with Crippen LogP contribution in [0.3, 0.4) is 0 Å². The fourth-order valence-electron chi connectivity index (χ4n) is 2.20. The molecule has 2 amide bonds. The number of nitrogens with zero attached hydrogens (tertiary/aromatic N) is 1. The zero-order valence-corrected chi connectivity index (χ0v) is 15.9. The average molecular weight is 402 g/mol. The quantitative estimate of drug-likeness (QED) is 0.629. The molecule has 2 N–H and O–H groups in total. The van der Waals surface area contributed by atoms with Crippen molar-refractivity contribution in [3.8, 4) is 11.5 Å². The van der Waals surface area contributed by atoms with Crippen LogP contribution in [0.1, 0.15) is 10.7 Å². The predicted octanol–water partition coefficient (Wildman–Crippen LogP) is 4.15. The van der Waals surface area contributed by atoms with Gasteiger partial charge in [-0.15, -0.1) is 11.3 Å². The summed E-state index contributed by atoms with van der Waals surface area (Å²) in [6.45, 7) is 2.06. The van der Waals surface area contributed by atoms with Crippen molar-refractivity contribution in [3.63, 3.8) is 0 Å². The first kappa shape index (κ1) is 18.9. The first-order valence-electron chi connectivity index (χ1n) is 8.04. The molecule has 1 aromatic heterocycles. The summed E-state index contributed by atoms with van der Waals surface area (Å²) in [6.07, 6.45) is 0. The van der Waals surface area contributed by atoms with Crippen LogP contribution in [0.5, 0.6) is 11.5 Å². The zero-order valence-electron chi connectivity index (χ0n) is 14.4. The molecule has 8 heteroatoms. The maximum absolute atomic E-state index is 12.2. The van der Waals surface area contributed by atoms with Crippen LogP contribution >= 0.6 is 22.9 Å². The van der Waals surface area contributed by atoms with E-state index < -0.39 is 11.8 Å². The molecular formula is C19H16ClN3O3S. The summed E-state index contributed by atoms with van der Waals surface area (Å²) in [5, 5.41) is 8.15. The molecule has 1 heterocycles. The highest BCUT2D eigenvalue weighted by atomic mass is 35.5. The molecule has 0 radical (unpaired) electrons.